The monoisotopic (exact) mass is 243 g/mol. The van der Waals surface area contributed by atoms with Crippen molar-refractivity contribution >= 4 is 0 Å². The molecule has 0 heterocycles. The van der Waals surface area contributed by atoms with Crippen molar-refractivity contribution in [2.24, 2.45) is 0 Å². The highest BCUT2D eigenvalue weighted by Crippen LogP contribution is 2.21. The van der Waals surface area contributed by atoms with Crippen LogP contribution < -0.4 is 5.32 Å². The Hall–Kier alpha value is -0.330. The lowest BCUT2D eigenvalue weighted by atomic mass is 10.2. The largest absolute Gasteiger partial charge is 0.390 e. The Bertz CT molecular complexity index is 176. The summed E-state index contributed by atoms with van der Waals surface area (Å²) in [6, 6.07) is -0.699. The van der Waals surface area contributed by atoms with E-state index in [0.717, 1.165) is 0 Å². The molecule has 2 atom stereocenters. The molecule has 0 radical (unpaired) electrons. The Morgan fingerprint density at radius 1 is 1.12 bits per heavy atom. The number of hydrogen-bond acceptors (Lipinski definition) is 3. The second kappa shape index (κ2) is 7.86. The van der Waals surface area contributed by atoms with Crippen LogP contribution >= 0.6 is 0 Å². The first-order chi connectivity index (χ1) is 7.35. The number of hydrogen-bond donors (Lipinski definition) is 1. The van der Waals surface area contributed by atoms with Gasteiger partial charge >= 0.3 is 6.18 Å². The summed E-state index contributed by atoms with van der Waals surface area (Å²) in [4.78, 5) is 0. The van der Waals surface area contributed by atoms with E-state index in [4.69, 9.17) is 9.47 Å². The van der Waals surface area contributed by atoms with Gasteiger partial charge in [-0.2, -0.15) is 13.2 Å². The molecule has 6 heteroatoms. The van der Waals surface area contributed by atoms with Gasteiger partial charge in [-0.15, -0.1) is 0 Å². The molecule has 0 rings (SSSR count). The van der Waals surface area contributed by atoms with Gasteiger partial charge in [0.25, 0.3) is 0 Å². The van der Waals surface area contributed by atoms with Crippen LogP contribution in [0.25, 0.3) is 0 Å². The molecule has 0 spiro atoms. The minimum atomic E-state index is -4.12. The average molecular weight is 243 g/mol. The number of ether oxygens (including phenoxy) is 2. The lowest BCUT2D eigenvalue weighted by Gasteiger charge is -2.21. The molecule has 98 valence electrons. The third-order valence-corrected chi connectivity index (χ3v) is 1.91. The predicted molar refractivity (Wildman–Crippen MR) is 55.4 cm³/mol. The molecular weight excluding hydrogens is 223 g/mol. The second-order valence-electron chi connectivity index (χ2n) is 3.86. The molecule has 0 amide bonds. The molecule has 2 unspecified atom stereocenters. The summed E-state index contributed by atoms with van der Waals surface area (Å²) in [5.41, 5.74) is 0. The summed E-state index contributed by atoms with van der Waals surface area (Å²) in [6.07, 6.45) is -4.95. The molecule has 0 saturated carbocycles. The Balaban J connectivity index is 3.58. The Labute approximate surface area is 94.3 Å². The fraction of sp³-hybridized carbons (Fsp3) is 1.00. The highest BCUT2D eigenvalue weighted by molar-refractivity contribution is 4.70. The summed E-state index contributed by atoms with van der Waals surface area (Å²) in [5.74, 6) is 0. The van der Waals surface area contributed by atoms with Crippen LogP contribution in [0.5, 0.6) is 0 Å². The molecule has 1 N–H and O–H groups in total. The van der Waals surface area contributed by atoms with Crippen molar-refractivity contribution in [3.05, 3.63) is 0 Å². The highest BCUT2D eigenvalue weighted by atomic mass is 19.4. The lowest BCUT2D eigenvalue weighted by Crippen LogP contribution is -2.40. The molecule has 0 bridgehead atoms. The summed E-state index contributed by atoms with van der Waals surface area (Å²) >= 11 is 0. The summed E-state index contributed by atoms with van der Waals surface area (Å²) in [6.45, 7) is 4.63. The first-order valence-corrected chi connectivity index (χ1v) is 5.24. The van der Waals surface area contributed by atoms with Gasteiger partial charge in [0.15, 0.2) is 0 Å². The predicted octanol–water partition coefficient (Wildman–Crippen LogP) is 1.97. The number of methoxy groups -OCH3 is 1. The second-order valence-corrected chi connectivity index (χ2v) is 3.86. The molecule has 3 nitrogen and oxygen atoms in total. The fourth-order valence-corrected chi connectivity index (χ4v) is 1.34. The zero-order chi connectivity index (χ0) is 12.6. The fourth-order valence-electron chi connectivity index (χ4n) is 1.34. The van der Waals surface area contributed by atoms with Crippen LogP contribution in [0.1, 0.15) is 20.3 Å². The Morgan fingerprint density at radius 3 is 2.25 bits per heavy atom. The van der Waals surface area contributed by atoms with Crippen molar-refractivity contribution in [3.63, 3.8) is 0 Å². The van der Waals surface area contributed by atoms with E-state index in [9.17, 15) is 13.2 Å². The van der Waals surface area contributed by atoms with E-state index in [0.29, 0.717) is 19.8 Å². The third-order valence-electron chi connectivity index (χ3n) is 1.91. The normalized spacial score (nSPS) is 16.1. The lowest BCUT2D eigenvalue weighted by molar-refractivity contribution is -0.139. The highest BCUT2D eigenvalue weighted by Gasteiger charge is 2.30. The first kappa shape index (κ1) is 15.7. The van der Waals surface area contributed by atoms with Crippen molar-refractivity contribution < 1.29 is 22.6 Å². The van der Waals surface area contributed by atoms with Crippen LogP contribution in [0.4, 0.5) is 13.2 Å². The minimum Gasteiger partial charge on any atom is -0.382 e. The Kier molecular flexibility index (Phi) is 7.70. The molecule has 0 aromatic carbocycles. The zero-order valence-corrected chi connectivity index (χ0v) is 9.93. The summed E-state index contributed by atoms with van der Waals surface area (Å²) in [7, 11) is 1.57. The van der Waals surface area contributed by atoms with Crippen molar-refractivity contribution in [3.8, 4) is 0 Å². The molecule has 0 aromatic rings. The third kappa shape index (κ3) is 10.2. The van der Waals surface area contributed by atoms with E-state index < -0.39 is 18.6 Å². The van der Waals surface area contributed by atoms with Crippen molar-refractivity contribution in [2.75, 3.05) is 26.9 Å². The Morgan fingerprint density at radius 2 is 1.75 bits per heavy atom. The number of halogens is 3. The van der Waals surface area contributed by atoms with Gasteiger partial charge in [-0.3, -0.25) is 0 Å². The average Bonchev–Trinajstić information content (AvgIpc) is 2.09. The maximum absolute atomic E-state index is 12.0. The SMILES string of the molecule is COCCOCC(C)NC(C)CC(F)(F)F. The van der Waals surface area contributed by atoms with E-state index in [2.05, 4.69) is 5.32 Å². The maximum Gasteiger partial charge on any atom is 0.390 e. The molecule has 0 aliphatic rings. The summed E-state index contributed by atoms with van der Waals surface area (Å²) < 4.78 is 46.0. The van der Waals surface area contributed by atoms with Crippen LogP contribution in [-0.4, -0.2) is 45.2 Å². The molecule has 0 aromatic heterocycles. The minimum absolute atomic E-state index is 0.103. The first-order valence-electron chi connectivity index (χ1n) is 5.24. The van der Waals surface area contributed by atoms with E-state index in [1.54, 1.807) is 14.0 Å². The smallest absolute Gasteiger partial charge is 0.382 e. The van der Waals surface area contributed by atoms with Crippen molar-refractivity contribution in [1.29, 1.82) is 0 Å². The number of nitrogens with one attached hydrogen (secondary N) is 1. The van der Waals surface area contributed by atoms with Crippen LogP contribution in [0.3, 0.4) is 0 Å². The van der Waals surface area contributed by atoms with Crippen molar-refractivity contribution in [1.82, 2.24) is 5.32 Å². The standard InChI is InChI=1S/C10H20F3NO2/c1-8(6-10(11,12)13)14-9(2)7-16-5-4-15-3/h8-9,14H,4-7H2,1-3H3. The topological polar surface area (TPSA) is 30.5 Å². The van der Waals surface area contributed by atoms with Gasteiger partial charge in [0.2, 0.25) is 0 Å². The van der Waals surface area contributed by atoms with Crippen LogP contribution in [0, 0.1) is 0 Å². The van der Waals surface area contributed by atoms with Gasteiger partial charge in [-0.25, -0.2) is 0 Å². The zero-order valence-electron chi connectivity index (χ0n) is 9.93. The molecule has 0 saturated heterocycles. The molecule has 0 fully saturated rings. The van der Waals surface area contributed by atoms with E-state index >= 15 is 0 Å². The molecule has 0 aliphatic heterocycles. The number of alkyl halides is 3. The number of rotatable bonds is 8. The van der Waals surface area contributed by atoms with Gasteiger partial charge in [-0.1, -0.05) is 0 Å². The van der Waals surface area contributed by atoms with Crippen molar-refractivity contribution in [2.45, 2.75) is 38.5 Å². The molecule has 16 heavy (non-hydrogen) atoms. The molecular formula is C10H20F3NO2. The quantitative estimate of drug-likeness (QED) is 0.661. The van der Waals surface area contributed by atoms with Gasteiger partial charge < -0.3 is 14.8 Å². The van der Waals surface area contributed by atoms with Gasteiger partial charge in [0.1, 0.15) is 0 Å². The summed E-state index contributed by atoms with van der Waals surface area (Å²) in [5, 5.41) is 2.83. The van der Waals surface area contributed by atoms with Gasteiger partial charge in [0.05, 0.1) is 26.2 Å². The van der Waals surface area contributed by atoms with Gasteiger partial charge in [-0.05, 0) is 13.8 Å². The van der Waals surface area contributed by atoms with Crippen LogP contribution in [-0.2, 0) is 9.47 Å². The molecule has 0 aliphatic carbocycles. The van der Waals surface area contributed by atoms with E-state index in [1.807, 2.05) is 0 Å². The van der Waals surface area contributed by atoms with Crippen LogP contribution in [0.15, 0.2) is 0 Å². The maximum atomic E-state index is 12.0. The van der Waals surface area contributed by atoms with E-state index in [1.165, 1.54) is 6.92 Å². The van der Waals surface area contributed by atoms with Crippen LogP contribution in [0.2, 0.25) is 0 Å². The van der Waals surface area contributed by atoms with E-state index in [-0.39, 0.29) is 6.04 Å². The van der Waals surface area contributed by atoms with Gasteiger partial charge in [0, 0.05) is 19.2 Å².